The van der Waals surface area contributed by atoms with Gasteiger partial charge in [0.05, 0.1) is 6.33 Å². The monoisotopic (exact) mass is 214 g/mol. The van der Waals surface area contributed by atoms with E-state index in [1.807, 2.05) is 24.3 Å². The molecule has 0 aliphatic heterocycles. The molecule has 4 nitrogen and oxygen atoms in total. The van der Waals surface area contributed by atoms with Crippen LogP contribution in [0.3, 0.4) is 0 Å². The van der Waals surface area contributed by atoms with Gasteiger partial charge in [-0.2, -0.15) is 0 Å². The highest BCUT2D eigenvalue weighted by Gasteiger charge is 2.02. The standard InChI is InChI=1S/C12H12N3O/c1-10-2-4-11(5-3-10)14-12(16)8-15-7-6-13-9-15/h2-7,9H,1,8H2,(H,14,16). The maximum Gasteiger partial charge on any atom is 0.244 e. The Hall–Kier alpha value is -2.10. The van der Waals surface area contributed by atoms with Crippen LogP contribution in [-0.4, -0.2) is 15.5 Å². The van der Waals surface area contributed by atoms with Gasteiger partial charge in [0.25, 0.3) is 0 Å². The molecule has 0 atom stereocenters. The zero-order valence-electron chi connectivity index (χ0n) is 8.76. The Bertz CT molecular complexity index is 460. The third-order valence-corrected chi connectivity index (χ3v) is 2.12. The number of imidazole rings is 1. The first-order valence-electron chi connectivity index (χ1n) is 4.91. The summed E-state index contributed by atoms with van der Waals surface area (Å²) in [7, 11) is 0. The van der Waals surface area contributed by atoms with E-state index in [4.69, 9.17) is 0 Å². The minimum atomic E-state index is -0.0742. The van der Waals surface area contributed by atoms with Crippen LogP contribution in [0.1, 0.15) is 5.56 Å². The Labute approximate surface area is 93.9 Å². The van der Waals surface area contributed by atoms with Crippen LogP contribution in [0.5, 0.6) is 0 Å². The van der Waals surface area contributed by atoms with E-state index in [1.165, 1.54) is 0 Å². The topological polar surface area (TPSA) is 46.9 Å². The molecule has 1 heterocycles. The highest BCUT2D eigenvalue weighted by Crippen LogP contribution is 2.08. The van der Waals surface area contributed by atoms with Crippen molar-refractivity contribution in [3.63, 3.8) is 0 Å². The van der Waals surface area contributed by atoms with Crippen LogP contribution in [0.4, 0.5) is 5.69 Å². The summed E-state index contributed by atoms with van der Waals surface area (Å²) in [5.41, 5.74) is 1.70. The lowest BCUT2D eigenvalue weighted by Gasteiger charge is -2.05. The van der Waals surface area contributed by atoms with Crippen molar-refractivity contribution in [3.8, 4) is 0 Å². The van der Waals surface area contributed by atoms with Crippen molar-refractivity contribution in [3.05, 3.63) is 55.5 Å². The molecule has 2 rings (SSSR count). The summed E-state index contributed by atoms with van der Waals surface area (Å²) in [5.74, 6) is -0.0742. The Balaban J connectivity index is 1.95. The highest BCUT2D eigenvalue weighted by atomic mass is 16.1. The average Bonchev–Trinajstić information content (AvgIpc) is 2.74. The smallest absolute Gasteiger partial charge is 0.244 e. The molecule has 0 aliphatic carbocycles. The van der Waals surface area contributed by atoms with E-state index in [1.54, 1.807) is 23.3 Å². The van der Waals surface area contributed by atoms with Crippen molar-refractivity contribution in [1.82, 2.24) is 9.55 Å². The number of aromatic nitrogens is 2. The second kappa shape index (κ2) is 4.61. The molecular weight excluding hydrogens is 202 g/mol. The Morgan fingerprint density at radius 3 is 2.75 bits per heavy atom. The molecule has 1 aromatic heterocycles. The number of rotatable bonds is 3. The molecule has 1 N–H and O–H groups in total. The fraction of sp³-hybridized carbons (Fsp3) is 0.0833. The zero-order chi connectivity index (χ0) is 11.4. The van der Waals surface area contributed by atoms with Gasteiger partial charge < -0.3 is 9.88 Å². The largest absolute Gasteiger partial charge is 0.328 e. The number of benzene rings is 1. The van der Waals surface area contributed by atoms with E-state index in [2.05, 4.69) is 17.2 Å². The van der Waals surface area contributed by atoms with Crippen LogP contribution in [0.15, 0.2) is 43.0 Å². The predicted octanol–water partition coefficient (Wildman–Crippen LogP) is 1.70. The molecule has 0 bridgehead atoms. The summed E-state index contributed by atoms with van der Waals surface area (Å²) >= 11 is 0. The molecule has 0 saturated heterocycles. The van der Waals surface area contributed by atoms with Gasteiger partial charge in [-0.05, 0) is 24.6 Å². The Morgan fingerprint density at radius 1 is 1.38 bits per heavy atom. The molecule has 81 valence electrons. The molecule has 0 spiro atoms. The zero-order valence-corrected chi connectivity index (χ0v) is 8.76. The molecule has 2 aromatic rings. The molecule has 16 heavy (non-hydrogen) atoms. The van der Waals surface area contributed by atoms with Crippen molar-refractivity contribution >= 4 is 11.6 Å². The van der Waals surface area contributed by atoms with E-state index in [9.17, 15) is 4.79 Å². The third kappa shape index (κ3) is 2.70. The van der Waals surface area contributed by atoms with Gasteiger partial charge >= 0.3 is 0 Å². The van der Waals surface area contributed by atoms with Crippen LogP contribution in [0, 0.1) is 6.92 Å². The number of carbonyl (C=O) groups excluding carboxylic acids is 1. The summed E-state index contributed by atoms with van der Waals surface area (Å²) in [5, 5.41) is 2.79. The molecule has 1 amide bonds. The van der Waals surface area contributed by atoms with Crippen LogP contribution in [0.2, 0.25) is 0 Å². The maximum atomic E-state index is 11.6. The Morgan fingerprint density at radius 2 is 2.12 bits per heavy atom. The molecule has 1 aromatic carbocycles. The molecule has 0 unspecified atom stereocenters. The van der Waals surface area contributed by atoms with Gasteiger partial charge in [-0.3, -0.25) is 4.79 Å². The number of nitrogens with zero attached hydrogens (tertiary/aromatic N) is 2. The number of hydrogen-bond donors (Lipinski definition) is 1. The SMILES string of the molecule is [CH2]c1ccc(NC(=O)Cn2ccnc2)cc1. The van der Waals surface area contributed by atoms with Crippen LogP contribution in [-0.2, 0) is 11.3 Å². The first kappa shape index (κ1) is 10.4. The fourth-order valence-electron chi connectivity index (χ4n) is 1.33. The van der Waals surface area contributed by atoms with E-state index in [-0.39, 0.29) is 12.5 Å². The second-order valence-electron chi connectivity index (χ2n) is 3.48. The highest BCUT2D eigenvalue weighted by molar-refractivity contribution is 5.90. The van der Waals surface area contributed by atoms with Gasteiger partial charge in [-0.25, -0.2) is 4.98 Å². The van der Waals surface area contributed by atoms with Gasteiger partial charge in [0, 0.05) is 18.1 Å². The minimum absolute atomic E-state index is 0.0742. The number of anilines is 1. The average molecular weight is 214 g/mol. The normalized spacial score (nSPS) is 10.1. The number of nitrogens with one attached hydrogen (secondary N) is 1. The molecule has 1 radical (unpaired) electrons. The van der Waals surface area contributed by atoms with Crippen molar-refractivity contribution < 1.29 is 4.79 Å². The summed E-state index contributed by atoms with van der Waals surface area (Å²) < 4.78 is 1.71. The quantitative estimate of drug-likeness (QED) is 0.845. The van der Waals surface area contributed by atoms with Crippen molar-refractivity contribution in [2.45, 2.75) is 6.54 Å². The van der Waals surface area contributed by atoms with Crippen molar-refractivity contribution in [2.24, 2.45) is 0 Å². The number of carbonyl (C=O) groups is 1. The molecule has 4 heteroatoms. The number of amides is 1. The van der Waals surface area contributed by atoms with Crippen molar-refractivity contribution in [2.75, 3.05) is 5.32 Å². The lowest BCUT2D eigenvalue weighted by atomic mass is 10.2. The predicted molar refractivity (Wildman–Crippen MR) is 61.8 cm³/mol. The Kier molecular flexibility index (Phi) is 3.00. The lowest BCUT2D eigenvalue weighted by Crippen LogP contribution is -2.17. The van der Waals surface area contributed by atoms with E-state index in [0.717, 1.165) is 11.3 Å². The van der Waals surface area contributed by atoms with Gasteiger partial charge in [-0.15, -0.1) is 0 Å². The molecular formula is C12H12N3O. The van der Waals surface area contributed by atoms with E-state index in [0.29, 0.717) is 0 Å². The van der Waals surface area contributed by atoms with Gasteiger partial charge in [-0.1, -0.05) is 12.1 Å². The lowest BCUT2D eigenvalue weighted by molar-refractivity contribution is -0.116. The summed E-state index contributed by atoms with van der Waals surface area (Å²) in [6.07, 6.45) is 5.00. The molecule has 0 aliphatic rings. The minimum Gasteiger partial charge on any atom is -0.328 e. The molecule has 0 saturated carbocycles. The first-order chi connectivity index (χ1) is 7.74. The summed E-state index contributed by atoms with van der Waals surface area (Å²) in [4.78, 5) is 15.5. The van der Waals surface area contributed by atoms with E-state index >= 15 is 0 Å². The van der Waals surface area contributed by atoms with Crippen molar-refractivity contribution in [1.29, 1.82) is 0 Å². The van der Waals surface area contributed by atoms with Crippen LogP contribution < -0.4 is 5.32 Å². The van der Waals surface area contributed by atoms with E-state index < -0.39 is 0 Å². The van der Waals surface area contributed by atoms with Crippen LogP contribution >= 0.6 is 0 Å². The third-order valence-electron chi connectivity index (χ3n) is 2.12. The summed E-state index contributed by atoms with van der Waals surface area (Å²) in [6, 6.07) is 7.36. The van der Waals surface area contributed by atoms with Gasteiger partial charge in [0.1, 0.15) is 6.54 Å². The fourth-order valence-corrected chi connectivity index (χ4v) is 1.33. The molecule has 0 fully saturated rings. The number of hydrogen-bond acceptors (Lipinski definition) is 2. The second-order valence-corrected chi connectivity index (χ2v) is 3.48. The maximum absolute atomic E-state index is 11.6. The van der Waals surface area contributed by atoms with Gasteiger partial charge in [0.15, 0.2) is 0 Å². The van der Waals surface area contributed by atoms with Crippen LogP contribution in [0.25, 0.3) is 0 Å². The summed E-state index contributed by atoms with van der Waals surface area (Å²) in [6.45, 7) is 4.05. The van der Waals surface area contributed by atoms with Gasteiger partial charge in [0.2, 0.25) is 5.91 Å². The first-order valence-corrected chi connectivity index (χ1v) is 4.91.